The molecule has 2 aromatic rings. The van der Waals surface area contributed by atoms with E-state index < -0.39 is 0 Å². The van der Waals surface area contributed by atoms with E-state index in [9.17, 15) is 4.79 Å². The molecule has 0 aliphatic carbocycles. The summed E-state index contributed by atoms with van der Waals surface area (Å²) in [6.07, 6.45) is 7.95. The van der Waals surface area contributed by atoms with Crippen LogP contribution in [0.25, 0.3) is 0 Å². The number of nitrogens with zero attached hydrogens (tertiary/aromatic N) is 6. The molecule has 0 N–H and O–H groups in total. The molecule has 2 rings (SSSR count). The minimum Gasteiger partial charge on any atom is -0.243 e. The van der Waals surface area contributed by atoms with Gasteiger partial charge >= 0.3 is 6.03 Å². The van der Waals surface area contributed by atoms with Crippen LogP contribution in [-0.4, -0.2) is 35.6 Å². The van der Waals surface area contributed by atoms with Gasteiger partial charge < -0.3 is 0 Å². The second-order valence-electron chi connectivity index (χ2n) is 6.45. The molecule has 0 aliphatic heterocycles. The summed E-state index contributed by atoms with van der Waals surface area (Å²) < 4.78 is 2.54. The van der Waals surface area contributed by atoms with Crippen molar-refractivity contribution in [1.82, 2.24) is 29.5 Å². The highest BCUT2D eigenvalue weighted by Gasteiger charge is 2.24. The number of hydrogen-bond acceptors (Lipinski definition) is 5. The van der Waals surface area contributed by atoms with Gasteiger partial charge in [-0.05, 0) is 6.42 Å². The van der Waals surface area contributed by atoms with Crippen LogP contribution in [0.4, 0.5) is 4.79 Å². The van der Waals surface area contributed by atoms with Gasteiger partial charge in [0.1, 0.15) is 18.5 Å². The lowest BCUT2D eigenvalue weighted by Crippen LogP contribution is -2.24. The molecule has 0 atom stereocenters. The average molecular weight is 304 g/mol. The Morgan fingerprint density at radius 1 is 1.23 bits per heavy atom. The van der Waals surface area contributed by atoms with Crippen LogP contribution in [0.15, 0.2) is 12.7 Å². The van der Waals surface area contributed by atoms with E-state index in [4.69, 9.17) is 0 Å². The number of aryl methyl sites for hydroxylation is 1. The highest BCUT2D eigenvalue weighted by atomic mass is 16.2. The third kappa shape index (κ3) is 3.78. The van der Waals surface area contributed by atoms with E-state index in [0.717, 1.165) is 19.3 Å². The minimum absolute atomic E-state index is 0.202. The van der Waals surface area contributed by atoms with Gasteiger partial charge in [0.05, 0.1) is 0 Å². The fourth-order valence-electron chi connectivity index (χ4n) is 2.09. The van der Waals surface area contributed by atoms with E-state index in [1.807, 2.05) is 20.8 Å². The first kappa shape index (κ1) is 16.3. The maximum Gasteiger partial charge on any atom is 0.372 e. The Hall–Kier alpha value is -2.05. The molecule has 2 aromatic heterocycles. The van der Waals surface area contributed by atoms with Crippen molar-refractivity contribution in [3.05, 3.63) is 24.3 Å². The van der Waals surface area contributed by atoms with Gasteiger partial charge in [-0.15, -0.1) is 5.10 Å². The quantitative estimate of drug-likeness (QED) is 0.794. The summed E-state index contributed by atoms with van der Waals surface area (Å²) in [6, 6.07) is -0.342. The van der Waals surface area contributed by atoms with Crippen molar-refractivity contribution in [3.8, 4) is 0 Å². The molecule has 0 unspecified atom stereocenters. The molecule has 0 aliphatic rings. The zero-order valence-corrected chi connectivity index (χ0v) is 13.8. The number of carbonyl (C=O) groups is 1. The van der Waals surface area contributed by atoms with Crippen molar-refractivity contribution in [2.45, 2.75) is 65.2 Å². The van der Waals surface area contributed by atoms with Gasteiger partial charge in [0.2, 0.25) is 0 Å². The lowest BCUT2D eigenvalue weighted by molar-refractivity contribution is 0.237. The topological polar surface area (TPSA) is 78.5 Å². The van der Waals surface area contributed by atoms with Gasteiger partial charge in [-0.1, -0.05) is 47.0 Å². The van der Waals surface area contributed by atoms with Crippen molar-refractivity contribution in [1.29, 1.82) is 0 Å². The number of rotatable bonds is 5. The highest BCUT2D eigenvalue weighted by molar-refractivity contribution is 5.77. The molecule has 22 heavy (non-hydrogen) atoms. The maximum absolute atomic E-state index is 12.5. The second-order valence-corrected chi connectivity index (χ2v) is 6.45. The van der Waals surface area contributed by atoms with Crippen LogP contribution < -0.4 is 0 Å². The Labute approximate surface area is 130 Å². The molecule has 0 aromatic carbocycles. The van der Waals surface area contributed by atoms with E-state index in [2.05, 4.69) is 27.1 Å². The predicted octanol–water partition coefficient (Wildman–Crippen LogP) is 2.81. The Morgan fingerprint density at radius 3 is 2.59 bits per heavy atom. The summed E-state index contributed by atoms with van der Waals surface area (Å²) in [4.78, 5) is 20.9. The molecular weight excluding hydrogens is 280 g/mol. The normalized spacial score (nSPS) is 11.8. The summed E-state index contributed by atoms with van der Waals surface area (Å²) in [5, 5.41) is 8.29. The smallest absolute Gasteiger partial charge is 0.243 e. The van der Waals surface area contributed by atoms with Crippen molar-refractivity contribution in [3.63, 3.8) is 0 Å². The lowest BCUT2D eigenvalue weighted by atomic mass is 9.96. The van der Waals surface area contributed by atoms with Crippen molar-refractivity contribution in [2.75, 3.05) is 0 Å². The fourth-order valence-corrected chi connectivity index (χ4v) is 2.09. The van der Waals surface area contributed by atoms with Crippen LogP contribution in [0.3, 0.4) is 0 Å². The first-order valence-electron chi connectivity index (χ1n) is 7.79. The monoisotopic (exact) mass is 304 g/mol. The zero-order chi connectivity index (χ0) is 16.2. The van der Waals surface area contributed by atoms with Crippen LogP contribution in [0.2, 0.25) is 0 Å². The predicted molar refractivity (Wildman–Crippen MR) is 82.8 cm³/mol. The molecule has 0 radical (unpaired) electrons. The average Bonchev–Trinajstić information content (AvgIpc) is 3.11. The number of hydrogen-bond donors (Lipinski definition) is 0. The number of carbonyl (C=O) groups excluding carboxylic acids is 1. The summed E-state index contributed by atoms with van der Waals surface area (Å²) in [5.74, 6) is 1.37. The summed E-state index contributed by atoms with van der Waals surface area (Å²) in [5.41, 5.74) is -0.202. The Morgan fingerprint density at radius 2 is 2.00 bits per heavy atom. The van der Waals surface area contributed by atoms with Crippen molar-refractivity contribution < 1.29 is 4.79 Å². The maximum atomic E-state index is 12.5. The Kier molecular flexibility index (Phi) is 5.05. The largest absolute Gasteiger partial charge is 0.372 e. The summed E-state index contributed by atoms with van der Waals surface area (Å²) in [7, 11) is 0. The third-order valence-corrected chi connectivity index (χ3v) is 3.39. The second kappa shape index (κ2) is 6.81. The Balaban J connectivity index is 2.25. The van der Waals surface area contributed by atoms with E-state index in [1.165, 1.54) is 34.9 Å². The number of unbranched alkanes of at least 4 members (excludes halogenated alkanes) is 3. The zero-order valence-electron chi connectivity index (χ0n) is 13.8. The molecule has 2 heterocycles. The highest BCUT2D eigenvalue weighted by Crippen LogP contribution is 2.19. The molecule has 120 valence electrons. The molecule has 0 spiro atoms. The number of aromatic nitrogens is 6. The minimum atomic E-state index is -0.342. The van der Waals surface area contributed by atoms with Crippen molar-refractivity contribution in [2.24, 2.45) is 0 Å². The van der Waals surface area contributed by atoms with Crippen molar-refractivity contribution >= 4 is 6.03 Å². The SMILES string of the molecule is CCCCCCc1nc(C(C)(C)C)nn1C(=O)n1cncn1. The molecule has 0 amide bonds. The molecular formula is C15H24N6O. The molecule has 0 saturated heterocycles. The Bertz CT molecular complexity index is 609. The van der Waals surface area contributed by atoms with Crippen LogP contribution in [0.5, 0.6) is 0 Å². The molecule has 7 heteroatoms. The third-order valence-electron chi connectivity index (χ3n) is 3.39. The molecule has 0 saturated carbocycles. The molecule has 7 nitrogen and oxygen atoms in total. The van der Waals surface area contributed by atoms with E-state index in [0.29, 0.717) is 11.6 Å². The summed E-state index contributed by atoms with van der Waals surface area (Å²) >= 11 is 0. The van der Waals surface area contributed by atoms with Gasteiger partial charge in [-0.3, -0.25) is 0 Å². The van der Waals surface area contributed by atoms with Gasteiger partial charge in [0.25, 0.3) is 0 Å². The van der Waals surface area contributed by atoms with Crippen LogP contribution in [-0.2, 0) is 11.8 Å². The summed E-state index contributed by atoms with van der Waals surface area (Å²) in [6.45, 7) is 8.28. The van der Waals surface area contributed by atoms with E-state index >= 15 is 0 Å². The van der Waals surface area contributed by atoms with Gasteiger partial charge in [-0.25, -0.2) is 14.8 Å². The van der Waals surface area contributed by atoms with Crippen LogP contribution >= 0.6 is 0 Å². The standard InChI is InChI=1S/C15H24N6O/c1-5-6-7-8-9-12-18-13(15(2,3)4)19-21(12)14(22)20-11-16-10-17-20/h10-11H,5-9H2,1-4H3. The molecule has 0 fully saturated rings. The van der Waals surface area contributed by atoms with Gasteiger partial charge in [0, 0.05) is 11.8 Å². The fraction of sp³-hybridized carbons (Fsp3) is 0.667. The first-order chi connectivity index (χ1) is 10.4. The first-order valence-corrected chi connectivity index (χ1v) is 7.79. The van der Waals surface area contributed by atoms with Crippen LogP contribution in [0.1, 0.15) is 65.0 Å². The lowest BCUT2D eigenvalue weighted by Gasteiger charge is -2.12. The van der Waals surface area contributed by atoms with E-state index in [-0.39, 0.29) is 11.4 Å². The van der Waals surface area contributed by atoms with E-state index in [1.54, 1.807) is 0 Å². The molecule has 0 bridgehead atoms. The van der Waals surface area contributed by atoms with Gasteiger partial charge in [0.15, 0.2) is 5.82 Å². The van der Waals surface area contributed by atoms with Gasteiger partial charge in [-0.2, -0.15) is 14.5 Å². The van der Waals surface area contributed by atoms with Crippen LogP contribution in [0, 0.1) is 0 Å².